The second-order valence-corrected chi connectivity index (χ2v) is 6.45. The second kappa shape index (κ2) is 5.66. The van der Waals surface area contributed by atoms with Gasteiger partial charge in [0.05, 0.1) is 12.6 Å². The van der Waals surface area contributed by atoms with E-state index in [0.717, 1.165) is 37.8 Å². The summed E-state index contributed by atoms with van der Waals surface area (Å²) >= 11 is 0. The van der Waals surface area contributed by atoms with E-state index in [0.29, 0.717) is 12.5 Å². The SMILES string of the molecule is CN(CC(=O)c1ccc2c(c1)CCC2)CC1CC(O)C1. The normalized spacial score (nSPS) is 24.6. The minimum absolute atomic E-state index is 0.110. The molecule has 0 unspecified atom stereocenters. The zero-order chi connectivity index (χ0) is 14.1. The number of aryl methyl sites for hydroxylation is 2. The number of fused-ring (bicyclic) bond motifs is 1. The molecule has 108 valence electrons. The van der Waals surface area contributed by atoms with Crippen LogP contribution in [0.2, 0.25) is 0 Å². The van der Waals surface area contributed by atoms with E-state index in [-0.39, 0.29) is 11.9 Å². The first kappa shape index (κ1) is 13.8. The van der Waals surface area contributed by atoms with Crippen molar-refractivity contribution < 1.29 is 9.90 Å². The van der Waals surface area contributed by atoms with Gasteiger partial charge in [-0.3, -0.25) is 9.69 Å². The summed E-state index contributed by atoms with van der Waals surface area (Å²) in [5.41, 5.74) is 3.63. The van der Waals surface area contributed by atoms with Crippen molar-refractivity contribution in [2.24, 2.45) is 5.92 Å². The summed E-state index contributed by atoms with van der Waals surface area (Å²) in [6.07, 6.45) is 5.16. The second-order valence-electron chi connectivity index (χ2n) is 6.45. The summed E-state index contributed by atoms with van der Waals surface area (Å²) in [7, 11) is 2.00. The quantitative estimate of drug-likeness (QED) is 0.835. The average Bonchev–Trinajstić information content (AvgIpc) is 2.83. The van der Waals surface area contributed by atoms with Crippen LogP contribution in [-0.4, -0.2) is 42.0 Å². The molecule has 1 N–H and O–H groups in total. The number of Topliss-reactive ketones (excluding diaryl/α,β-unsaturated/α-hetero) is 1. The molecule has 0 bridgehead atoms. The Bertz CT molecular complexity index is 506. The number of rotatable bonds is 5. The summed E-state index contributed by atoms with van der Waals surface area (Å²) in [5, 5.41) is 9.30. The lowest BCUT2D eigenvalue weighted by Gasteiger charge is -2.34. The van der Waals surface area contributed by atoms with Gasteiger partial charge in [0.2, 0.25) is 0 Å². The van der Waals surface area contributed by atoms with Gasteiger partial charge in [-0.15, -0.1) is 0 Å². The molecule has 0 spiro atoms. The number of aliphatic hydroxyl groups is 1. The minimum atomic E-state index is -0.110. The maximum Gasteiger partial charge on any atom is 0.176 e. The molecule has 0 heterocycles. The number of nitrogens with zero attached hydrogens (tertiary/aromatic N) is 1. The highest BCUT2D eigenvalue weighted by Crippen LogP contribution is 2.27. The first-order valence-corrected chi connectivity index (χ1v) is 7.63. The molecule has 0 amide bonds. The monoisotopic (exact) mass is 273 g/mol. The molecular weight excluding hydrogens is 250 g/mol. The average molecular weight is 273 g/mol. The standard InChI is InChI=1S/C17H23NO2/c1-18(10-12-7-16(19)8-12)11-17(20)15-6-5-13-3-2-4-14(13)9-15/h5-6,9,12,16,19H,2-4,7-8,10-11H2,1H3. The van der Waals surface area contributed by atoms with E-state index in [4.69, 9.17) is 0 Å². The summed E-state index contributed by atoms with van der Waals surface area (Å²) in [6.45, 7) is 1.39. The van der Waals surface area contributed by atoms with Crippen LogP contribution in [0.4, 0.5) is 0 Å². The van der Waals surface area contributed by atoms with Crippen LogP contribution in [-0.2, 0) is 12.8 Å². The number of benzene rings is 1. The topological polar surface area (TPSA) is 40.5 Å². The van der Waals surface area contributed by atoms with Gasteiger partial charge >= 0.3 is 0 Å². The summed E-state index contributed by atoms with van der Waals surface area (Å²) in [6, 6.07) is 6.19. The lowest BCUT2D eigenvalue weighted by molar-refractivity contribution is 0.0286. The molecule has 2 aliphatic carbocycles. The number of carbonyl (C=O) groups excluding carboxylic acids is 1. The Morgan fingerprint density at radius 1 is 1.30 bits per heavy atom. The number of ketones is 1. The van der Waals surface area contributed by atoms with Gasteiger partial charge in [-0.25, -0.2) is 0 Å². The smallest absolute Gasteiger partial charge is 0.176 e. The molecule has 3 nitrogen and oxygen atoms in total. The molecule has 0 aromatic heterocycles. The Balaban J connectivity index is 1.56. The molecular formula is C17H23NO2. The van der Waals surface area contributed by atoms with E-state index < -0.39 is 0 Å². The van der Waals surface area contributed by atoms with E-state index in [1.807, 2.05) is 13.1 Å². The van der Waals surface area contributed by atoms with Crippen molar-refractivity contribution in [3.63, 3.8) is 0 Å². The fourth-order valence-corrected chi connectivity index (χ4v) is 3.44. The summed E-state index contributed by atoms with van der Waals surface area (Å²) in [5.74, 6) is 0.768. The van der Waals surface area contributed by atoms with Crippen molar-refractivity contribution in [1.82, 2.24) is 4.90 Å². The van der Waals surface area contributed by atoms with Gasteiger partial charge in [0, 0.05) is 12.1 Å². The summed E-state index contributed by atoms with van der Waals surface area (Å²) in [4.78, 5) is 14.4. The van der Waals surface area contributed by atoms with Crippen molar-refractivity contribution >= 4 is 5.78 Å². The molecule has 1 fully saturated rings. The van der Waals surface area contributed by atoms with Crippen molar-refractivity contribution in [2.75, 3.05) is 20.1 Å². The molecule has 1 aromatic rings. The number of carbonyl (C=O) groups is 1. The molecule has 3 rings (SSSR count). The van der Waals surface area contributed by atoms with Gasteiger partial charge in [-0.05, 0) is 62.3 Å². The molecule has 3 heteroatoms. The van der Waals surface area contributed by atoms with E-state index in [2.05, 4.69) is 17.0 Å². The fraction of sp³-hybridized carbons (Fsp3) is 0.588. The molecule has 0 radical (unpaired) electrons. The highest BCUT2D eigenvalue weighted by Gasteiger charge is 2.28. The number of hydrogen-bond acceptors (Lipinski definition) is 3. The highest BCUT2D eigenvalue weighted by atomic mass is 16.3. The van der Waals surface area contributed by atoms with Crippen LogP contribution in [0.1, 0.15) is 40.7 Å². The lowest BCUT2D eigenvalue weighted by atomic mass is 9.82. The third-order valence-corrected chi connectivity index (χ3v) is 4.61. The van der Waals surface area contributed by atoms with E-state index in [1.54, 1.807) is 0 Å². The highest BCUT2D eigenvalue weighted by molar-refractivity contribution is 5.97. The molecule has 20 heavy (non-hydrogen) atoms. The third kappa shape index (κ3) is 2.94. The summed E-state index contributed by atoms with van der Waals surface area (Å²) < 4.78 is 0. The minimum Gasteiger partial charge on any atom is -0.393 e. The van der Waals surface area contributed by atoms with Crippen molar-refractivity contribution in [1.29, 1.82) is 0 Å². The Hall–Kier alpha value is -1.19. The van der Waals surface area contributed by atoms with Gasteiger partial charge in [0.1, 0.15) is 0 Å². The van der Waals surface area contributed by atoms with Gasteiger partial charge in [-0.1, -0.05) is 12.1 Å². The Kier molecular flexibility index (Phi) is 3.90. The lowest BCUT2D eigenvalue weighted by Crippen LogP contribution is -2.38. The van der Waals surface area contributed by atoms with Crippen LogP contribution in [0.3, 0.4) is 0 Å². The van der Waals surface area contributed by atoms with Crippen molar-refractivity contribution in [2.45, 2.75) is 38.2 Å². The Labute approximate surface area is 120 Å². The zero-order valence-electron chi connectivity index (χ0n) is 12.1. The first-order valence-electron chi connectivity index (χ1n) is 7.63. The van der Waals surface area contributed by atoms with Gasteiger partial charge in [0.15, 0.2) is 5.78 Å². The van der Waals surface area contributed by atoms with Crippen molar-refractivity contribution in [3.05, 3.63) is 34.9 Å². The van der Waals surface area contributed by atoms with E-state index in [1.165, 1.54) is 17.5 Å². The van der Waals surface area contributed by atoms with Gasteiger partial charge < -0.3 is 5.11 Å². The van der Waals surface area contributed by atoms with Crippen LogP contribution in [0.5, 0.6) is 0 Å². The first-order chi connectivity index (χ1) is 9.61. The van der Waals surface area contributed by atoms with E-state index in [9.17, 15) is 9.90 Å². The van der Waals surface area contributed by atoms with Crippen LogP contribution in [0, 0.1) is 5.92 Å². The predicted octanol–water partition coefficient (Wildman–Crippen LogP) is 2.06. The molecule has 1 aromatic carbocycles. The zero-order valence-corrected chi connectivity index (χ0v) is 12.1. The molecule has 0 atom stereocenters. The predicted molar refractivity (Wildman–Crippen MR) is 79.0 cm³/mol. The van der Waals surface area contributed by atoms with Gasteiger partial charge in [-0.2, -0.15) is 0 Å². The van der Waals surface area contributed by atoms with Crippen LogP contribution >= 0.6 is 0 Å². The number of aliphatic hydroxyl groups excluding tert-OH is 1. The fourth-order valence-electron chi connectivity index (χ4n) is 3.44. The Morgan fingerprint density at radius 3 is 2.80 bits per heavy atom. The van der Waals surface area contributed by atoms with Crippen LogP contribution < -0.4 is 0 Å². The van der Waals surface area contributed by atoms with Gasteiger partial charge in [0.25, 0.3) is 0 Å². The Morgan fingerprint density at radius 2 is 2.05 bits per heavy atom. The van der Waals surface area contributed by atoms with Crippen LogP contribution in [0.15, 0.2) is 18.2 Å². The third-order valence-electron chi connectivity index (χ3n) is 4.61. The molecule has 0 saturated heterocycles. The maximum atomic E-state index is 12.3. The number of likely N-dealkylation sites (N-methyl/N-ethyl adjacent to an activating group) is 1. The largest absolute Gasteiger partial charge is 0.393 e. The van der Waals surface area contributed by atoms with Crippen LogP contribution in [0.25, 0.3) is 0 Å². The van der Waals surface area contributed by atoms with E-state index >= 15 is 0 Å². The molecule has 0 aliphatic heterocycles. The van der Waals surface area contributed by atoms with Crippen molar-refractivity contribution in [3.8, 4) is 0 Å². The number of hydrogen-bond donors (Lipinski definition) is 1. The maximum absolute atomic E-state index is 12.3. The molecule has 1 saturated carbocycles. The molecule has 2 aliphatic rings.